The molecular formula is C9H11N3O2. The summed E-state index contributed by atoms with van der Waals surface area (Å²) in [5.41, 5.74) is 8.41. The van der Waals surface area contributed by atoms with E-state index in [9.17, 15) is 4.79 Å². The number of allylic oxidation sites excluding steroid dienone is 1. The third-order valence-electron chi connectivity index (χ3n) is 3.08. The Morgan fingerprint density at radius 2 is 2.29 bits per heavy atom. The molecule has 1 saturated carbocycles. The van der Waals surface area contributed by atoms with E-state index < -0.39 is 0 Å². The highest BCUT2D eigenvalue weighted by molar-refractivity contribution is 5.75. The number of methoxy groups -OCH3 is 1. The summed E-state index contributed by atoms with van der Waals surface area (Å²) in [6.07, 6.45) is 4.96. The lowest BCUT2D eigenvalue weighted by Crippen LogP contribution is -2.31. The van der Waals surface area contributed by atoms with Gasteiger partial charge in [-0.05, 0) is 23.8 Å². The number of ether oxygens (including phenoxy) is 1. The topological polar surface area (TPSA) is 75.1 Å². The number of azide groups is 1. The standard InChI is InChI=1S/C9H11N3O2/c1-14-9(13)7-5-2-3-6(4-5)8(7)11-12-10/h2-3,5-8H,4H2,1H3. The van der Waals surface area contributed by atoms with Crippen molar-refractivity contribution >= 4 is 5.97 Å². The number of esters is 1. The Labute approximate surface area is 81.4 Å². The average molecular weight is 193 g/mol. The van der Waals surface area contributed by atoms with Crippen LogP contribution in [0.3, 0.4) is 0 Å². The Morgan fingerprint density at radius 3 is 2.93 bits per heavy atom. The molecule has 0 amide bonds. The second-order valence-corrected chi connectivity index (χ2v) is 3.69. The molecule has 0 spiro atoms. The van der Waals surface area contributed by atoms with Crippen LogP contribution in [0.25, 0.3) is 10.4 Å². The van der Waals surface area contributed by atoms with Crippen LogP contribution < -0.4 is 0 Å². The molecule has 4 unspecified atom stereocenters. The van der Waals surface area contributed by atoms with E-state index in [0.717, 1.165) is 6.42 Å². The molecule has 0 saturated heterocycles. The highest BCUT2D eigenvalue weighted by Crippen LogP contribution is 2.45. The molecule has 2 rings (SSSR count). The van der Waals surface area contributed by atoms with Crippen LogP contribution in [0.2, 0.25) is 0 Å². The molecule has 0 aliphatic heterocycles. The number of carbonyl (C=O) groups is 1. The maximum absolute atomic E-state index is 11.4. The van der Waals surface area contributed by atoms with Gasteiger partial charge in [0.25, 0.3) is 0 Å². The van der Waals surface area contributed by atoms with Crippen LogP contribution in [0.4, 0.5) is 0 Å². The fourth-order valence-corrected chi connectivity index (χ4v) is 2.46. The molecule has 2 aliphatic carbocycles. The monoisotopic (exact) mass is 193 g/mol. The molecule has 5 nitrogen and oxygen atoms in total. The molecule has 74 valence electrons. The van der Waals surface area contributed by atoms with Gasteiger partial charge in [-0.1, -0.05) is 17.3 Å². The molecule has 14 heavy (non-hydrogen) atoms. The summed E-state index contributed by atoms with van der Waals surface area (Å²) in [5.74, 6) is -0.118. The molecular weight excluding hydrogens is 182 g/mol. The molecule has 0 aromatic carbocycles. The summed E-state index contributed by atoms with van der Waals surface area (Å²) in [5, 5.41) is 3.69. The molecule has 2 bridgehead atoms. The van der Waals surface area contributed by atoms with Crippen molar-refractivity contribution < 1.29 is 9.53 Å². The van der Waals surface area contributed by atoms with E-state index in [4.69, 9.17) is 10.3 Å². The largest absolute Gasteiger partial charge is 0.469 e. The lowest BCUT2D eigenvalue weighted by atomic mass is 9.89. The molecule has 2 aliphatic rings. The minimum Gasteiger partial charge on any atom is -0.469 e. The van der Waals surface area contributed by atoms with Gasteiger partial charge in [0, 0.05) is 4.91 Å². The fraction of sp³-hybridized carbons (Fsp3) is 0.667. The van der Waals surface area contributed by atoms with Crippen LogP contribution in [0.5, 0.6) is 0 Å². The Morgan fingerprint density at radius 1 is 1.57 bits per heavy atom. The van der Waals surface area contributed by atoms with Crippen molar-refractivity contribution in [3.05, 3.63) is 22.6 Å². The van der Waals surface area contributed by atoms with Crippen molar-refractivity contribution in [1.82, 2.24) is 0 Å². The van der Waals surface area contributed by atoms with E-state index in [2.05, 4.69) is 10.0 Å². The first-order valence-corrected chi connectivity index (χ1v) is 4.58. The molecule has 4 atom stereocenters. The molecule has 0 N–H and O–H groups in total. The van der Waals surface area contributed by atoms with E-state index in [1.165, 1.54) is 7.11 Å². The quantitative estimate of drug-likeness (QED) is 0.220. The molecule has 5 heteroatoms. The normalized spacial score (nSPS) is 38.1. The summed E-state index contributed by atoms with van der Waals surface area (Å²) in [7, 11) is 1.37. The maximum atomic E-state index is 11.4. The van der Waals surface area contributed by atoms with Gasteiger partial charge in [-0.15, -0.1) is 0 Å². The van der Waals surface area contributed by atoms with E-state index in [-0.39, 0.29) is 29.8 Å². The third kappa shape index (κ3) is 1.17. The predicted molar refractivity (Wildman–Crippen MR) is 49.2 cm³/mol. The second kappa shape index (κ2) is 3.35. The summed E-state index contributed by atoms with van der Waals surface area (Å²) >= 11 is 0. The SMILES string of the molecule is COC(=O)C1C2C=CC(C2)C1N=[N+]=[N-]. The van der Waals surface area contributed by atoms with Gasteiger partial charge in [0.15, 0.2) is 0 Å². The fourth-order valence-electron chi connectivity index (χ4n) is 2.46. The zero-order valence-electron chi connectivity index (χ0n) is 7.83. The van der Waals surface area contributed by atoms with Crippen LogP contribution in [0, 0.1) is 17.8 Å². The van der Waals surface area contributed by atoms with Gasteiger partial charge < -0.3 is 4.74 Å². The number of hydrogen-bond acceptors (Lipinski definition) is 3. The zero-order chi connectivity index (χ0) is 10.1. The first kappa shape index (κ1) is 9.09. The van der Waals surface area contributed by atoms with Crippen molar-refractivity contribution in [3.63, 3.8) is 0 Å². The van der Waals surface area contributed by atoms with E-state index in [1.807, 2.05) is 12.2 Å². The number of hydrogen-bond donors (Lipinski definition) is 0. The van der Waals surface area contributed by atoms with E-state index in [1.54, 1.807) is 0 Å². The van der Waals surface area contributed by atoms with Gasteiger partial charge in [-0.3, -0.25) is 4.79 Å². The first-order chi connectivity index (χ1) is 6.77. The molecule has 1 fully saturated rings. The van der Waals surface area contributed by atoms with E-state index in [0.29, 0.717) is 0 Å². The minimum atomic E-state index is -0.272. The van der Waals surface area contributed by atoms with Gasteiger partial charge >= 0.3 is 5.97 Å². The first-order valence-electron chi connectivity index (χ1n) is 4.58. The highest BCUT2D eigenvalue weighted by atomic mass is 16.5. The maximum Gasteiger partial charge on any atom is 0.309 e. The Bertz CT molecular complexity index is 333. The van der Waals surface area contributed by atoms with Gasteiger partial charge in [0.05, 0.1) is 19.1 Å². The van der Waals surface area contributed by atoms with Crippen LogP contribution >= 0.6 is 0 Å². The number of rotatable bonds is 2. The van der Waals surface area contributed by atoms with Crippen molar-refractivity contribution in [1.29, 1.82) is 0 Å². The summed E-state index contributed by atoms with van der Waals surface area (Å²) in [6, 6.07) is -0.248. The number of carbonyl (C=O) groups excluding carboxylic acids is 1. The van der Waals surface area contributed by atoms with Crippen LogP contribution in [0.1, 0.15) is 6.42 Å². The van der Waals surface area contributed by atoms with Crippen molar-refractivity contribution in [2.75, 3.05) is 7.11 Å². The van der Waals surface area contributed by atoms with Crippen molar-refractivity contribution in [3.8, 4) is 0 Å². The van der Waals surface area contributed by atoms with Crippen molar-refractivity contribution in [2.45, 2.75) is 12.5 Å². The molecule has 0 aromatic rings. The lowest BCUT2D eigenvalue weighted by Gasteiger charge is -2.21. The highest BCUT2D eigenvalue weighted by Gasteiger charge is 2.48. The van der Waals surface area contributed by atoms with Crippen molar-refractivity contribution in [2.24, 2.45) is 22.9 Å². The summed E-state index contributed by atoms with van der Waals surface area (Å²) in [4.78, 5) is 14.2. The minimum absolute atomic E-state index is 0.197. The lowest BCUT2D eigenvalue weighted by molar-refractivity contribution is -0.146. The number of nitrogens with zero attached hydrogens (tertiary/aromatic N) is 3. The Hall–Kier alpha value is -1.48. The number of fused-ring (bicyclic) bond motifs is 2. The summed E-state index contributed by atoms with van der Waals surface area (Å²) in [6.45, 7) is 0. The van der Waals surface area contributed by atoms with Gasteiger partial charge in [-0.25, -0.2) is 0 Å². The van der Waals surface area contributed by atoms with E-state index >= 15 is 0 Å². The van der Waals surface area contributed by atoms with Crippen LogP contribution in [-0.4, -0.2) is 19.1 Å². The van der Waals surface area contributed by atoms with Gasteiger partial charge in [0.2, 0.25) is 0 Å². The Kier molecular flexibility index (Phi) is 2.17. The average Bonchev–Trinajstić information content (AvgIpc) is 2.77. The van der Waals surface area contributed by atoms with Crippen LogP contribution in [0.15, 0.2) is 17.3 Å². The van der Waals surface area contributed by atoms with Gasteiger partial charge in [-0.2, -0.15) is 0 Å². The van der Waals surface area contributed by atoms with Crippen LogP contribution in [-0.2, 0) is 9.53 Å². The Balaban J connectivity index is 2.26. The third-order valence-corrected chi connectivity index (χ3v) is 3.08. The molecule has 0 aromatic heterocycles. The molecule has 0 radical (unpaired) electrons. The summed E-state index contributed by atoms with van der Waals surface area (Å²) < 4.78 is 4.71. The smallest absolute Gasteiger partial charge is 0.309 e. The second-order valence-electron chi connectivity index (χ2n) is 3.69. The van der Waals surface area contributed by atoms with Gasteiger partial charge in [0.1, 0.15) is 0 Å². The molecule has 0 heterocycles. The zero-order valence-corrected chi connectivity index (χ0v) is 7.83. The predicted octanol–water partition coefficient (Wildman–Crippen LogP) is 1.66.